The van der Waals surface area contributed by atoms with E-state index in [1.165, 1.54) is 0 Å². The van der Waals surface area contributed by atoms with Gasteiger partial charge in [-0.25, -0.2) is 0 Å². The third kappa shape index (κ3) is 2.86. The molecule has 1 aromatic carbocycles. The molecular weight excluding hydrogens is 214 g/mol. The molecule has 3 N–H and O–H groups in total. The molecule has 0 saturated heterocycles. The van der Waals surface area contributed by atoms with E-state index in [1.807, 2.05) is 6.07 Å². The summed E-state index contributed by atoms with van der Waals surface area (Å²) in [4.78, 5) is 11.8. The standard InChI is InChI=1S/C14H21NO2/c1-5-12(16)11-7-10(14(2,3)4)6-9(8-15)13(11)17/h6-7,17H,5,8,15H2,1-4H3. The maximum absolute atomic E-state index is 11.8. The lowest BCUT2D eigenvalue weighted by Gasteiger charge is -2.21. The molecule has 0 radical (unpaired) electrons. The lowest BCUT2D eigenvalue weighted by Crippen LogP contribution is -2.14. The van der Waals surface area contributed by atoms with Crippen LogP contribution in [-0.2, 0) is 12.0 Å². The number of carbonyl (C=O) groups is 1. The maximum atomic E-state index is 11.8. The van der Waals surface area contributed by atoms with Gasteiger partial charge in [-0.05, 0) is 17.0 Å². The minimum Gasteiger partial charge on any atom is -0.507 e. The smallest absolute Gasteiger partial charge is 0.166 e. The van der Waals surface area contributed by atoms with Gasteiger partial charge >= 0.3 is 0 Å². The van der Waals surface area contributed by atoms with Crippen molar-refractivity contribution in [1.29, 1.82) is 0 Å². The van der Waals surface area contributed by atoms with E-state index in [0.29, 0.717) is 17.5 Å². The number of carbonyl (C=O) groups excluding carboxylic acids is 1. The van der Waals surface area contributed by atoms with Crippen molar-refractivity contribution >= 4 is 5.78 Å². The number of Topliss-reactive ketones (excluding diaryl/α,β-unsaturated/α-hetero) is 1. The van der Waals surface area contributed by atoms with Crippen molar-refractivity contribution in [1.82, 2.24) is 0 Å². The van der Waals surface area contributed by atoms with E-state index >= 15 is 0 Å². The van der Waals surface area contributed by atoms with Crippen LogP contribution in [0.25, 0.3) is 0 Å². The normalized spacial score (nSPS) is 11.6. The quantitative estimate of drug-likeness (QED) is 0.792. The summed E-state index contributed by atoms with van der Waals surface area (Å²) in [5, 5.41) is 9.98. The number of hydrogen-bond donors (Lipinski definition) is 2. The van der Waals surface area contributed by atoms with Crippen LogP contribution in [0, 0.1) is 0 Å². The summed E-state index contributed by atoms with van der Waals surface area (Å²) in [6.45, 7) is 8.23. The van der Waals surface area contributed by atoms with E-state index in [1.54, 1.807) is 13.0 Å². The second-order valence-electron chi connectivity index (χ2n) is 5.26. The molecule has 1 rings (SSSR count). The topological polar surface area (TPSA) is 63.3 Å². The van der Waals surface area contributed by atoms with Gasteiger partial charge in [0.2, 0.25) is 0 Å². The lowest BCUT2D eigenvalue weighted by atomic mass is 9.84. The van der Waals surface area contributed by atoms with Gasteiger partial charge in [-0.2, -0.15) is 0 Å². The zero-order valence-electron chi connectivity index (χ0n) is 11.0. The summed E-state index contributed by atoms with van der Waals surface area (Å²) >= 11 is 0. The molecule has 0 atom stereocenters. The first-order chi connectivity index (χ1) is 7.81. The Labute approximate surface area is 103 Å². The minimum atomic E-state index is -0.0691. The van der Waals surface area contributed by atoms with E-state index in [4.69, 9.17) is 5.73 Å². The Bertz CT molecular complexity index is 431. The van der Waals surface area contributed by atoms with E-state index < -0.39 is 0 Å². The number of ketones is 1. The first-order valence-corrected chi connectivity index (χ1v) is 5.90. The van der Waals surface area contributed by atoms with Gasteiger partial charge < -0.3 is 10.8 Å². The fraction of sp³-hybridized carbons (Fsp3) is 0.500. The molecule has 3 nitrogen and oxygen atoms in total. The molecule has 94 valence electrons. The van der Waals surface area contributed by atoms with Gasteiger partial charge in [-0.15, -0.1) is 0 Å². The van der Waals surface area contributed by atoms with E-state index in [0.717, 1.165) is 5.56 Å². The Morgan fingerprint density at radius 3 is 2.35 bits per heavy atom. The molecule has 0 saturated carbocycles. The second kappa shape index (κ2) is 4.88. The molecule has 0 unspecified atom stereocenters. The first kappa shape index (κ1) is 13.7. The number of hydrogen-bond acceptors (Lipinski definition) is 3. The van der Waals surface area contributed by atoms with Crippen molar-refractivity contribution < 1.29 is 9.90 Å². The van der Waals surface area contributed by atoms with Crippen LogP contribution in [0.1, 0.15) is 55.6 Å². The molecule has 0 aliphatic carbocycles. The van der Waals surface area contributed by atoms with Crippen LogP contribution in [0.5, 0.6) is 5.75 Å². The van der Waals surface area contributed by atoms with Crippen molar-refractivity contribution in [2.75, 3.05) is 0 Å². The number of phenolic OH excluding ortho intramolecular Hbond substituents is 1. The Hall–Kier alpha value is -1.35. The average molecular weight is 235 g/mol. The second-order valence-corrected chi connectivity index (χ2v) is 5.26. The molecule has 0 bridgehead atoms. The molecule has 17 heavy (non-hydrogen) atoms. The third-order valence-corrected chi connectivity index (χ3v) is 2.90. The Kier molecular flexibility index (Phi) is 3.94. The van der Waals surface area contributed by atoms with Gasteiger partial charge in [-0.1, -0.05) is 33.8 Å². The Morgan fingerprint density at radius 1 is 1.35 bits per heavy atom. The third-order valence-electron chi connectivity index (χ3n) is 2.90. The number of aromatic hydroxyl groups is 1. The molecule has 1 aromatic rings. The van der Waals surface area contributed by atoms with Gasteiger partial charge in [0.1, 0.15) is 5.75 Å². The number of phenols is 1. The highest BCUT2D eigenvalue weighted by Gasteiger charge is 2.20. The van der Waals surface area contributed by atoms with Crippen molar-refractivity contribution in [2.24, 2.45) is 5.73 Å². The SMILES string of the molecule is CCC(=O)c1cc(C(C)(C)C)cc(CN)c1O. The summed E-state index contributed by atoms with van der Waals surface area (Å²) in [7, 11) is 0. The van der Waals surface area contributed by atoms with Crippen molar-refractivity contribution in [3.63, 3.8) is 0 Å². The summed E-state index contributed by atoms with van der Waals surface area (Å²) in [5.41, 5.74) is 7.58. The fourth-order valence-corrected chi connectivity index (χ4v) is 1.69. The van der Waals surface area contributed by atoms with Crippen molar-refractivity contribution in [2.45, 2.75) is 46.1 Å². The van der Waals surface area contributed by atoms with Crippen molar-refractivity contribution in [3.05, 3.63) is 28.8 Å². The molecular formula is C14H21NO2. The molecule has 0 aliphatic heterocycles. The number of benzene rings is 1. The number of rotatable bonds is 3. The highest BCUT2D eigenvalue weighted by Crippen LogP contribution is 2.31. The number of nitrogens with two attached hydrogens (primary N) is 1. The molecule has 3 heteroatoms. The van der Waals surface area contributed by atoms with E-state index in [-0.39, 0.29) is 23.5 Å². The monoisotopic (exact) mass is 235 g/mol. The van der Waals surface area contributed by atoms with Crippen LogP contribution < -0.4 is 5.73 Å². The molecule has 0 heterocycles. The average Bonchev–Trinajstić information content (AvgIpc) is 2.26. The van der Waals surface area contributed by atoms with Crippen molar-refractivity contribution in [3.8, 4) is 5.75 Å². The highest BCUT2D eigenvalue weighted by molar-refractivity contribution is 5.99. The van der Waals surface area contributed by atoms with Crippen LogP contribution in [0.15, 0.2) is 12.1 Å². The first-order valence-electron chi connectivity index (χ1n) is 5.90. The van der Waals surface area contributed by atoms with Gasteiger partial charge in [0.15, 0.2) is 5.78 Å². The predicted octanol–water partition coefficient (Wildman–Crippen LogP) is 2.74. The summed E-state index contributed by atoms with van der Waals surface area (Å²) in [5.74, 6) is -0.0179. The molecule has 0 fully saturated rings. The van der Waals surface area contributed by atoms with Crippen LogP contribution in [-0.4, -0.2) is 10.9 Å². The predicted molar refractivity (Wildman–Crippen MR) is 69.3 cm³/mol. The van der Waals surface area contributed by atoms with Gasteiger partial charge in [0.05, 0.1) is 5.56 Å². The van der Waals surface area contributed by atoms with Gasteiger partial charge in [0, 0.05) is 18.5 Å². The lowest BCUT2D eigenvalue weighted by molar-refractivity contribution is 0.0985. The summed E-state index contributed by atoms with van der Waals surface area (Å²) in [6, 6.07) is 3.65. The van der Waals surface area contributed by atoms with Gasteiger partial charge in [0.25, 0.3) is 0 Å². The van der Waals surface area contributed by atoms with Gasteiger partial charge in [-0.3, -0.25) is 4.79 Å². The van der Waals surface area contributed by atoms with Crippen LogP contribution in [0.2, 0.25) is 0 Å². The highest BCUT2D eigenvalue weighted by atomic mass is 16.3. The minimum absolute atomic E-state index is 0.0346. The Balaban J connectivity index is 3.44. The Morgan fingerprint density at radius 2 is 1.94 bits per heavy atom. The van der Waals surface area contributed by atoms with E-state index in [9.17, 15) is 9.90 Å². The summed E-state index contributed by atoms with van der Waals surface area (Å²) < 4.78 is 0. The molecule has 0 spiro atoms. The largest absolute Gasteiger partial charge is 0.507 e. The molecule has 0 aromatic heterocycles. The van der Waals surface area contributed by atoms with Crippen LogP contribution in [0.4, 0.5) is 0 Å². The molecule has 0 amide bonds. The zero-order valence-corrected chi connectivity index (χ0v) is 11.0. The molecule has 0 aliphatic rings. The van der Waals surface area contributed by atoms with Crippen LogP contribution >= 0.6 is 0 Å². The maximum Gasteiger partial charge on any atom is 0.166 e. The van der Waals surface area contributed by atoms with E-state index in [2.05, 4.69) is 20.8 Å². The zero-order chi connectivity index (χ0) is 13.2. The summed E-state index contributed by atoms with van der Waals surface area (Å²) in [6.07, 6.45) is 0.380. The fourth-order valence-electron chi connectivity index (χ4n) is 1.69. The van der Waals surface area contributed by atoms with Crippen LogP contribution in [0.3, 0.4) is 0 Å².